The first-order valence-corrected chi connectivity index (χ1v) is 7.22. The molecule has 0 bridgehead atoms. The Balaban J connectivity index is 2.50. The van der Waals surface area contributed by atoms with Gasteiger partial charge in [0.25, 0.3) is 0 Å². The zero-order valence-corrected chi connectivity index (χ0v) is 12.8. The number of rotatable bonds is 3. The first-order chi connectivity index (χ1) is 7.74. The SMILES string of the molecule is CCC(C)(C)N1CCCN(CC(C)(C)C)CC1. The fourth-order valence-electron chi connectivity index (χ4n) is 2.63. The molecule has 0 saturated carbocycles. The van der Waals surface area contributed by atoms with Crippen molar-refractivity contribution in [3.8, 4) is 0 Å². The van der Waals surface area contributed by atoms with Crippen LogP contribution in [0.5, 0.6) is 0 Å². The summed E-state index contributed by atoms with van der Waals surface area (Å²) in [5, 5.41) is 0. The molecule has 1 heterocycles. The standard InChI is InChI=1S/C15H32N2/c1-7-15(5,6)17-10-8-9-16(11-12-17)13-14(2,3)4/h7-13H2,1-6H3. The van der Waals surface area contributed by atoms with Crippen molar-refractivity contribution in [3.63, 3.8) is 0 Å². The van der Waals surface area contributed by atoms with Crippen LogP contribution in [0.4, 0.5) is 0 Å². The highest BCUT2D eigenvalue weighted by molar-refractivity contribution is 4.83. The Morgan fingerprint density at radius 3 is 2.06 bits per heavy atom. The molecule has 0 atom stereocenters. The third-order valence-electron chi connectivity index (χ3n) is 4.01. The number of hydrogen-bond acceptors (Lipinski definition) is 2. The lowest BCUT2D eigenvalue weighted by Gasteiger charge is -2.37. The second kappa shape index (κ2) is 5.71. The second-order valence-corrected chi connectivity index (χ2v) is 7.34. The van der Waals surface area contributed by atoms with Gasteiger partial charge in [-0.3, -0.25) is 4.90 Å². The molecule has 1 aliphatic heterocycles. The Morgan fingerprint density at radius 1 is 0.882 bits per heavy atom. The highest BCUT2D eigenvalue weighted by Crippen LogP contribution is 2.22. The zero-order chi connectivity index (χ0) is 13.1. The maximum absolute atomic E-state index is 2.68. The van der Waals surface area contributed by atoms with E-state index in [4.69, 9.17) is 0 Å². The van der Waals surface area contributed by atoms with Gasteiger partial charge >= 0.3 is 0 Å². The van der Waals surface area contributed by atoms with Crippen molar-refractivity contribution in [2.24, 2.45) is 5.41 Å². The van der Waals surface area contributed by atoms with Gasteiger partial charge in [0.2, 0.25) is 0 Å². The van der Waals surface area contributed by atoms with Crippen molar-refractivity contribution in [2.45, 2.75) is 59.9 Å². The first kappa shape index (κ1) is 15.0. The minimum Gasteiger partial charge on any atom is -0.301 e. The van der Waals surface area contributed by atoms with Crippen molar-refractivity contribution < 1.29 is 0 Å². The van der Waals surface area contributed by atoms with Crippen molar-refractivity contribution in [1.82, 2.24) is 9.80 Å². The second-order valence-electron chi connectivity index (χ2n) is 7.34. The van der Waals surface area contributed by atoms with Crippen LogP contribution in [0, 0.1) is 5.41 Å². The van der Waals surface area contributed by atoms with Crippen LogP contribution in [0.2, 0.25) is 0 Å². The summed E-state index contributed by atoms with van der Waals surface area (Å²) in [6, 6.07) is 0. The highest BCUT2D eigenvalue weighted by Gasteiger charge is 2.27. The Bertz CT molecular complexity index is 228. The Morgan fingerprint density at radius 2 is 1.53 bits per heavy atom. The molecule has 0 spiro atoms. The minimum absolute atomic E-state index is 0.373. The molecular weight excluding hydrogens is 208 g/mol. The van der Waals surface area contributed by atoms with Crippen molar-refractivity contribution in [3.05, 3.63) is 0 Å². The van der Waals surface area contributed by atoms with Crippen LogP contribution in [-0.2, 0) is 0 Å². The van der Waals surface area contributed by atoms with Gasteiger partial charge in [-0.2, -0.15) is 0 Å². The molecule has 0 N–H and O–H groups in total. The normalized spacial score (nSPS) is 21.5. The maximum Gasteiger partial charge on any atom is 0.0151 e. The van der Waals surface area contributed by atoms with E-state index in [9.17, 15) is 0 Å². The lowest BCUT2D eigenvalue weighted by Crippen LogP contribution is -2.45. The van der Waals surface area contributed by atoms with Crippen molar-refractivity contribution in [1.29, 1.82) is 0 Å². The van der Waals surface area contributed by atoms with Crippen LogP contribution in [0.25, 0.3) is 0 Å². The van der Waals surface area contributed by atoms with Crippen LogP contribution in [0.1, 0.15) is 54.4 Å². The highest BCUT2D eigenvalue weighted by atomic mass is 15.2. The molecule has 0 aromatic carbocycles. The monoisotopic (exact) mass is 240 g/mol. The average Bonchev–Trinajstić information content (AvgIpc) is 2.41. The first-order valence-electron chi connectivity index (χ1n) is 7.22. The third kappa shape index (κ3) is 4.97. The predicted octanol–water partition coefficient (Wildman–Crippen LogP) is 3.23. The molecule has 102 valence electrons. The molecule has 0 amide bonds. The Hall–Kier alpha value is -0.0800. The largest absolute Gasteiger partial charge is 0.301 e. The molecule has 1 rings (SSSR count). The van der Waals surface area contributed by atoms with E-state index in [1.807, 2.05) is 0 Å². The summed E-state index contributed by atoms with van der Waals surface area (Å²) < 4.78 is 0. The van der Waals surface area contributed by atoms with Crippen molar-refractivity contribution in [2.75, 3.05) is 32.7 Å². The lowest BCUT2D eigenvalue weighted by atomic mass is 9.96. The smallest absolute Gasteiger partial charge is 0.0151 e. The summed E-state index contributed by atoms with van der Waals surface area (Å²) in [7, 11) is 0. The summed E-state index contributed by atoms with van der Waals surface area (Å²) in [5.74, 6) is 0. The minimum atomic E-state index is 0.373. The summed E-state index contributed by atoms with van der Waals surface area (Å²) >= 11 is 0. The predicted molar refractivity (Wildman–Crippen MR) is 76.5 cm³/mol. The van der Waals surface area contributed by atoms with Crippen LogP contribution >= 0.6 is 0 Å². The average molecular weight is 240 g/mol. The molecule has 2 heteroatoms. The van der Waals surface area contributed by atoms with Gasteiger partial charge in [0.1, 0.15) is 0 Å². The molecule has 1 aliphatic rings. The Kier molecular flexibility index (Phi) is 5.03. The van der Waals surface area contributed by atoms with E-state index < -0.39 is 0 Å². The fraction of sp³-hybridized carbons (Fsp3) is 1.00. The molecule has 1 saturated heterocycles. The molecule has 0 unspecified atom stereocenters. The van der Waals surface area contributed by atoms with E-state index in [0.717, 1.165) is 0 Å². The molecule has 1 fully saturated rings. The quantitative estimate of drug-likeness (QED) is 0.747. The van der Waals surface area contributed by atoms with E-state index in [1.165, 1.54) is 45.6 Å². The van der Waals surface area contributed by atoms with E-state index in [2.05, 4.69) is 51.3 Å². The Labute approximate surface area is 108 Å². The maximum atomic E-state index is 2.68. The van der Waals surface area contributed by atoms with Gasteiger partial charge in [0, 0.05) is 25.2 Å². The van der Waals surface area contributed by atoms with Gasteiger partial charge < -0.3 is 4.90 Å². The topological polar surface area (TPSA) is 6.48 Å². The van der Waals surface area contributed by atoms with Crippen LogP contribution < -0.4 is 0 Å². The molecule has 0 aromatic rings. The number of nitrogens with zero attached hydrogens (tertiary/aromatic N) is 2. The van der Waals surface area contributed by atoms with Gasteiger partial charge in [0.15, 0.2) is 0 Å². The molecule has 2 nitrogen and oxygen atoms in total. The van der Waals surface area contributed by atoms with E-state index in [-0.39, 0.29) is 0 Å². The van der Waals surface area contributed by atoms with Crippen LogP contribution in [-0.4, -0.2) is 48.1 Å². The van der Waals surface area contributed by atoms with E-state index in [0.29, 0.717) is 11.0 Å². The summed E-state index contributed by atoms with van der Waals surface area (Å²) in [6.07, 6.45) is 2.56. The zero-order valence-electron chi connectivity index (χ0n) is 12.8. The lowest BCUT2D eigenvalue weighted by molar-refractivity contribution is 0.116. The molecule has 17 heavy (non-hydrogen) atoms. The molecule has 0 aliphatic carbocycles. The van der Waals surface area contributed by atoms with Gasteiger partial charge in [-0.05, 0) is 45.2 Å². The molecule has 0 aromatic heterocycles. The van der Waals surface area contributed by atoms with Gasteiger partial charge in [-0.25, -0.2) is 0 Å². The van der Waals surface area contributed by atoms with E-state index in [1.54, 1.807) is 0 Å². The number of hydrogen-bond donors (Lipinski definition) is 0. The molecular formula is C15H32N2. The van der Waals surface area contributed by atoms with E-state index >= 15 is 0 Å². The van der Waals surface area contributed by atoms with Gasteiger partial charge in [-0.1, -0.05) is 27.7 Å². The van der Waals surface area contributed by atoms with Crippen LogP contribution in [0.15, 0.2) is 0 Å². The summed E-state index contributed by atoms with van der Waals surface area (Å²) in [4.78, 5) is 5.32. The third-order valence-corrected chi connectivity index (χ3v) is 4.01. The van der Waals surface area contributed by atoms with Crippen molar-refractivity contribution >= 4 is 0 Å². The fourth-order valence-corrected chi connectivity index (χ4v) is 2.63. The van der Waals surface area contributed by atoms with Crippen LogP contribution in [0.3, 0.4) is 0 Å². The summed E-state index contributed by atoms with van der Waals surface area (Å²) in [6.45, 7) is 20.3. The molecule has 0 radical (unpaired) electrons. The summed E-state index contributed by atoms with van der Waals surface area (Å²) in [5.41, 5.74) is 0.799. The van der Waals surface area contributed by atoms with Gasteiger partial charge in [0.05, 0.1) is 0 Å². The van der Waals surface area contributed by atoms with Gasteiger partial charge in [-0.15, -0.1) is 0 Å².